The number of nitriles is 1. The molecule has 0 fully saturated rings. The van der Waals surface area contributed by atoms with E-state index in [1.54, 1.807) is 55.5 Å². The first kappa shape index (κ1) is 16.2. The third-order valence-corrected chi connectivity index (χ3v) is 3.18. The van der Waals surface area contributed by atoms with Gasteiger partial charge in [-0.15, -0.1) is 0 Å². The van der Waals surface area contributed by atoms with E-state index in [4.69, 9.17) is 10.00 Å². The molecule has 0 spiro atoms. The lowest BCUT2D eigenvalue weighted by Crippen LogP contribution is -2.30. The quantitative estimate of drug-likeness (QED) is 0.860. The Morgan fingerprint density at radius 3 is 2.61 bits per heavy atom. The summed E-state index contributed by atoms with van der Waals surface area (Å²) < 4.78 is 5.57. The van der Waals surface area contributed by atoms with E-state index in [0.29, 0.717) is 22.6 Å². The van der Waals surface area contributed by atoms with Crippen molar-refractivity contribution in [3.63, 3.8) is 0 Å². The van der Waals surface area contributed by atoms with E-state index in [2.05, 4.69) is 5.32 Å². The molecule has 5 heteroatoms. The SMILES string of the molecule is CC(=O)c1cccc(OC(C)C(=O)Nc2cccc(C#N)c2)c1. The predicted molar refractivity (Wildman–Crippen MR) is 86.3 cm³/mol. The van der Waals surface area contributed by atoms with Crippen LogP contribution in [0.15, 0.2) is 48.5 Å². The molecule has 116 valence electrons. The second-order valence-electron chi connectivity index (χ2n) is 5.03. The minimum atomic E-state index is -0.747. The number of hydrogen-bond donors (Lipinski definition) is 1. The molecule has 1 unspecified atom stereocenters. The van der Waals surface area contributed by atoms with Gasteiger partial charge in [0.15, 0.2) is 11.9 Å². The van der Waals surface area contributed by atoms with E-state index in [0.717, 1.165) is 0 Å². The molecule has 0 aliphatic heterocycles. The van der Waals surface area contributed by atoms with E-state index in [-0.39, 0.29) is 11.7 Å². The number of amides is 1. The smallest absolute Gasteiger partial charge is 0.265 e. The van der Waals surface area contributed by atoms with Gasteiger partial charge in [0.05, 0.1) is 11.6 Å². The summed E-state index contributed by atoms with van der Waals surface area (Å²) in [5.74, 6) is 0.0420. The molecule has 0 aliphatic carbocycles. The van der Waals surface area contributed by atoms with Gasteiger partial charge in [0.2, 0.25) is 0 Å². The molecule has 0 aromatic heterocycles. The minimum Gasteiger partial charge on any atom is -0.481 e. The molecule has 1 amide bonds. The topological polar surface area (TPSA) is 79.2 Å². The molecule has 23 heavy (non-hydrogen) atoms. The number of carbonyl (C=O) groups is 2. The Hall–Kier alpha value is -3.13. The maximum Gasteiger partial charge on any atom is 0.265 e. The van der Waals surface area contributed by atoms with Gasteiger partial charge < -0.3 is 10.1 Å². The number of nitrogens with one attached hydrogen (secondary N) is 1. The van der Waals surface area contributed by atoms with Crippen molar-refractivity contribution in [1.29, 1.82) is 5.26 Å². The summed E-state index contributed by atoms with van der Waals surface area (Å²) in [6.45, 7) is 3.08. The fourth-order valence-electron chi connectivity index (χ4n) is 1.96. The van der Waals surface area contributed by atoms with E-state index in [1.807, 2.05) is 6.07 Å². The van der Waals surface area contributed by atoms with Crippen LogP contribution in [0.3, 0.4) is 0 Å². The van der Waals surface area contributed by atoms with Crippen molar-refractivity contribution in [3.8, 4) is 11.8 Å². The van der Waals surface area contributed by atoms with Crippen molar-refractivity contribution < 1.29 is 14.3 Å². The normalized spacial score (nSPS) is 11.2. The highest BCUT2D eigenvalue weighted by molar-refractivity contribution is 5.95. The van der Waals surface area contributed by atoms with Gasteiger partial charge >= 0.3 is 0 Å². The summed E-state index contributed by atoms with van der Waals surface area (Å²) in [7, 11) is 0. The molecular formula is C18H16N2O3. The highest BCUT2D eigenvalue weighted by Gasteiger charge is 2.15. The van der Waals surface area contributed by atoms with Crippen LogP contribution in [-0.2, 0) is 4.79 Å². The Bertz CT molecular complexity index is 778. The first-order chi connectivity index (χ1) is 11.0. The van der Waals surface area contributed by atoms with Gasteiger partial charge in [-0.1, -0.05) is 18.2 Å². The number of ketones is 1. The van der Waals surface area contributed by atoms with Gasteiger partial charge in [-0.3, -0.25) is 9.59 Å². The maximum atomic E-state index is 12.1. The molecule has 0 saturated carbocycles. The lowest BCUT2D eigenvalue weighted by molar-refractivity contribution is -0.122. The van der Waals surface area contributed by atoms with Crippen LogP contribution in [0.4, 0.5) is 5.69 Å². The van der Waals surface area contributed by atoms with E-state index < -0.39 is 6.10 Å². The molecule has 2 aromatic carbocycles. The zero-order valence-electron chi connectivity index (χ0n) is 12.9. The van der Waals surface area contributed by atoms with Crippen molar-refractivity contribution in [2.75, 3.05) is 5.32 Å². The Kier molecular flexibility index (Phi) is 5.11. The Balaban J connectivity index is 2.04. The van der Waals surface area contributed by atoms with Crippen LogP contribution >= 0.6 is 0 Å². The molecule has 2 aromatic rings. The molecule has 1 atom stereocenters. The number of nitrogens with zero attached hydrogens (tertiary/aromatic N) is 1. The Labute approximate surface area is 134 Å². The first-order valence-corrected chi connectivity index (χ1v) is 7.08. The second-order valence-corrected chi connectivity index (χ2v) is 5.03. The number of carbonyl (C=O) groups excluding carboxylic acids is 2. The van der Waals surface area contributed by atoms with Gasteiger partial charge in [0.25, 0.3) is 5.91 Å². The van der Waals surface area contributed by atoms with Crippen LogP contribution in [0.1, 0.15) is 29.8 Å². The fourth-order valence-corrected chi connectivity index (χ4v) is 1.96. The molecule has 0 saturated heterocycles. The number of ether oxygens (including phenoxy) is 1. The largest absolute Gasteiger partial charge is 0.481 e. The van der Waals surface area contributed by atoms with Crippen molar-refractivity contribution in [2.45, 2.75) is 20.0 Å². The van der Waals surface area contributed by atoms with E-state index in [1.165, 1.54) is 6.92 Å². The van der Waals surface area contributed by atoms with Gasteiger partial charge in [0, 0.05) is 11.3 Å². The number of Topliss-reactive ketones (excluding diaryl/α,β-unsaturated/α-hetero) is 1. The van der Waals surface area contributed by atoms with Crippen molar-refractivity contribution in [3.05, 3.63) is 59.7 Å². The van der Waals surface area contributed by atoms with Crippen LogP contribution in [0.25, 0.3) is 0 Å². The lowest BCUT2D eigenvalue weighted by Gasteiger charge is -2.15. The summed E-state index contributed by atoms with van der Waals surface area (Å²) in [5, 5.41) is 11.5. The van der Waals surface area contributed by atoms with Crippen molar-refractivity contribution in [1.82, 2.24) is 0 Å². The monoisotopic (exact) mass is 308 g/mol. The number of benzene rings is 2. The summed E-state index contributed by atoms with van der Waals surface area (Å²) in [5.41, 5.74) is 1.52. The summed E-state index contributed by atoms with van der Waals surface area (Å²) >= 11 is 0. The number of rotatable bonds is 5. The highest BCUT2D eigenvalue weighted by Crippen LogP contribution is 2.16. The lowest BCUT2D eigenvalue weighted by atomic mass is 10.1. The third kappa shape index (κ3) is 4.42. The third-order valence-electron chi connectivity index (χ3n) is 3.18. The van der Waals surface area contributed by atoms with Crippen LogP contribution in [0.5, 0.6) is 5.75 Å². The van der Waals surface area contributed by atoms with Crippen LogP contribution in [0.2, 0.25) is 0 Å². The molecule has 0 radical (unpaired) electrons. The number of anilines is 1. The Morgan fingerprint density at radius 2 is 1.91 bits per heavy atom. The van der Waals surface area contributed by atoms with Gasteiger partial charge in [-0.2, -0.15) is 5.26 Å². The summed E-state index contributed by atoms with van der Waals surface area (Å²) in [6, 6.07) is 15.3. The molecule has 1 N–H and O–H groups in total. The molecule has 2 rings (SSSR count). The van der Waals surface area contributed by atoms with E-state index in [9.17, 15) is 9.59 Å². The van der Waals surface area contributed by atoms with Crippen LogP contribution < -0.4 is 10.1 Å². The molecule has 0 heterocycles. The average Bonchev–Trinajstić information content (AvgIpc) is 2.55. The average molecular weight is 308 g/mol. The molecular weight excluding hydrogens is 292 g/mol. The van der Waals surface area contributed by atoms with Crippen LogP contribution in [-0.4, -0.2) is 17.8 Å². The maximum absolute atomic E-state index is 12.1. The molecule has 0 aliphatic rings. The highest BCUT2D eigenvalue weighted by atomic mass is 16.5. The minimum absolute atomic E-state index is 0.0686. The summed E-state index contributed by atoms with van der Waals surface area (Å²) in [4.78, 5) is 23.5. The van der Waals surface area contributed by atoms with Crippen molar-refractivity contribution >= 4 is 17.4 Å². The number of hydrogen-bond acceptors (Lipinski definition) is 4. The van der Waals surface area contributed by atoms with Crippen LogP contribution in [0, 0.1) is 11.3 Å². The van der Waals surface area contributed by atoms with Gasteiger partial charge in [0.1, 0.15) is 5.75 Å². The zero-order valence-corrected chi connectivity index (χ0v) is 12.9. The zero-order chi connectivity index (χ0) is 16.8. The standard InChI is InChI=1S/C18H16N2O3/c1-12(21)15-6-4-8-17(10-15)23-13(2)18(22)20-16-7-3-5-14(9-16)11-19/h3-10,13H,1-2H3,(H,20,22). The Morgan fingerprint density at radius 1 is 1.17 bits per heavy atom. The van der Waals surface area contributed by atoms with E-state index >= 15 is 0 Å². The molecule has 5 nitrogen and oxygen atoms in total. The molecule has 0 bridgehead atoms. The second kappa shape index (κ2) is 7.23. The summed E-state index contributed by atoms with van der Waals surface area (Å²) in [6.07, 6.45) is -0.747. The predicted octanol–water partition coefficient (Wildman–Crippen LogP) is 3.17. The van der Waals surface area contributed by atoms with Crippen molar-refractivity contribution in [2.24, 2.45) is 0 Å². The first-order valence-electron chi connectivity index (χ1n) is 7.08. The van der Waals surface area contributed by atoms with Gasteiger partial charge in [-0.05, 0) is 44.2 Å². The fraction of sp³-hybridized carbons (Fsp3) is 0.167. The van der Waals surface area contributed by atoms with Gasteiger partial charge in [-0.25, -0.2) is 0 Å².